The monoisotopic (exact) mass is 425 g/mol. The van der Waals surface area contributed by atoms with Gasteiger partial charge in [-0.2, -0.15) is 0 Å². The molecule has 0 bridgehead atoms. The van der Waals surface area contributed by atoms with Gasteiger partial charge in [-0.25, -0.2) is 0 Å². The lowest BCUT2D eigenvalue weighted by Gasteiger charge is -2.24. The van der Waals surface area contributed by atoms with Crippen LogP contribution in [0.1, 0.15) is 57.8 Å². The molecule has 0 saturated carbocycles. The first-order chi connectivity index (χ1) is 15.0. The van der Waals surface area contributed by atoms with E-state index in [2.05, 4.69) is 55.0 Å². The van der Waals surface area contributed by atoms with Crippen molar-refractivity contribution in [3.05, 3.63) is 73.0 Å². The number of rotatable bonds is 6. The fourth-order valence-corrected chi connectivity index (χ4v) is 3.62. The second kappa shape index (κ2) is 14.4. The van der Waals surface area contributed by atoms with Crippen LogP contribution >= 0.6 is 0 Å². The molecule has 1 aromatic carbocycles. The molecule has 3 rings (SSSR count). The van der Waals surface area contributed by atoms with Crippen molar-refractivity contribution in [3.63, 3.8) is 0 Å². The molecule has 1 aliphatic carbocycles. The highest BCUT2D eigenvalue weighted by molar-refractivity contribution is 5.74. The maximum absolute atomic E-state index is 12.1. The summed E-state index contributed by atoms with van der Waals surface area (Å²) in [5, 5.41) is 7.88. The van der Waals surface area contributed by atoms with Crippen LogP contribution in [0.25, 0.3) is 11.3 Å². The fourth-order valence-electron chi connectivity index (χ4n) is 3.62. The zero-order valence-corrected chi connectivity index (χ0v) is 19.6. The van der Waals surface area contributed by atoms with E-state index in [-0.39, 0.29) is 17.9 Å². The van der Waals surface area contributed by atoms with Gasteiger partial charge in [0.2, 0.25) is 0 Å². The Morgan fingerprint density at radius 2 is 1.90 bits per heavy atom. The number of aliphatic hydroxyl groups is 1. The summed E-state index contributed by atoms with van der Waals surface area (Å²) < 4.78 is 7.60. The molecule has 2 unspecified atom stereocenters. The van der Waals surface area contributed by atoms with Crippen molar-refractivity contribution >= 4 is 5.97 Å². The number of allylic oxidation sites excluding steroid dienone is 2. The molecule has 4 heteroatoms. The van der Waals surface area contributed by atoms with Crippen molar-refractivity contribution in [2.45, 2.75) is 59.4 Å². The van der Waals surface area contributed by atoms with Crippen LogP contribution in [0.3, 0.4) is 0 Å². The first kappa shape index (κ1) is 26.4. The summed E-state index contributed by atoms with van der Waals surface area (Å²) in [7, 11) is 0. The molecule has 1 heterocycles. The third-order valence-electron chi connectivity index (χ3n) is 5.09. The van der Waals surface area contributed by atoms with Crippen LogP contribution in [-0.2, 0) is 22.4 Å². The summed E-state index contributed by atoms with van der Waals surface area (Å²) in [5.41, 5.74) is 5.01. The van der Waals surface area contributed by atoms with Gasteiger partial charge in [0.1, 0.15) is 0 Å². The molecule has 1 aromatic heterocycles. The Kier molecular flexibility index (Phi) is 12.3. The van der Waals surface area contributed by atoms with E-state index < -0.39 is 0 Å². The van der Waals surface area contributed by atoms with Gasteiger partial charge in [-0.05, 0) is 63.6 Å². The number of hydrogen-bond acceptors (Lipinski definition) is 3. The fraction of sp³-hybridized carbons (Fsp3) is 0.444. The van der Waals surface area contributed by atoms with Gasteiger partial charge < -0.3 is 14.4 Å². The predicted octanol–water partition coefficient (Wildman–Crippen LogP) is 6.15. The molecular formula is C27H39NO3. The number of aliphatic hydroxyl groups excluding tert-OH is 1. The molecule has 4 nitrogen and oxygen atoms in total. The summed E-state index contributed by atoms with van der Waals surface area (Å²) in [5.74, 6) is -0.0788. The van der Waals surface area contributed by atoms with Crippen LogP contribution in [0.5, 0.6) is 0 Å². The molecule has 0 radical (unpaired) electrons. The highest BCUT2D eigenvalue weighted by atomic mass is 16.5. The Hall–Kier alpha value is -2.59. The first-order valence-corrected chi connectivity index (χ1v) is 11.2. The third kappa shape index (κ3) is 7.55. The minimum absolute atomic E-state index is 0.0176. The maximum atomic E-state index is 12.1. The van der Waals surface area contributed by atoms with E-state index in [4.69, 9.17) is 9.84 Å². The van der Waals surface area contributed by atoms with Crippen molar-refractivity contribution in [3.8, 4) is 11.3 Å². The average Bonchev–Trinajstić information content (AvgIpc) is 3.19. The van der Waals surface area contributed by atoms with Crippen molar-refractivity contribution in [1.29, 1.82) is 0 Å². The summed E-state index contributed by atoms with van der Waals surface area (Å²) >= 11 is 0. The van der Waals surface area contributed by atoms with E-state index >= 15 is 0 Å². The standard InChI is InChI=1S/C21H25NO2.C3H8O.C3H6/c1-4-15(3)22-19-12-11-17(21(23)24-5-2)13-18(19)14-20(22)16-9-7-6-8-10-16;1-2-3-4;1-3-2/h4,6-10,14-15,17H,1,5,11-13H2,2-3H3;4H,2-3H2,1H3;3H,1H2,2H3. The van der Waals surface area contributed by atoms with Crippen molar-refractivity contribution in [2.24, 2.45) is 5.92 Å². The van der Waals surface area contributed by atoms with Crippen LogP contribution in [0.4, 0.5) is 0 Å². The van der Waals surface area contributed by atoms with Gasteiger partial charge in [-0.3, -0.25) is 4.79 Å². The second-order valence-electron chi connectivity index (χ2n) is 7.54. The molecule has 1 N–H and O–H groups in total. The van der Waals surface area contributed by atoms with Crippen LogP contribution < -0.4 is 0 Å². The van der Waals surface area contributed by atoms with Gasteiger partial charge in [-0.1, -0.05) is 49.4 Å². The number of carbonyl (C=O) groups is 1. The largest absolute Gasteiger partial charge is 0.466 e. The van der Waals surface area contributed by atoms with Gasteiger partial charge in [0, 0.05) is 24.0 Å². The smallest absolute Gasteiger partial charge is 0.309 e. The molecule has 0 fully saturated rings. The van der Waals surface area contributed by atoms with Crippen LogP contribution in [-0.4, -0.2) is 28.9 Å². The summed E-state index contributed by atoms with van der Waals surface area (Å²) in [4.78, 5) is 12.1. The summed E-state index contributed by atoms with van der Waals surface area (Å²) in [6.07, 6.45) is 7.13. The van der Waals surface area contributed by atoms with Gasteiger partial charge >= 0.3 is 5.97 Å². The Labute approximate surface area is 188 Å². The SMILES string of the molecule is C=CC.C=CC(C)n1c(-c2ccccc2)cc2c1CCC(C(=O)OCC)C2.CCCO. The second-order valence-corrected chi connectivity index (χ2v) is 7.54. The van der Waals surface area contributed by atoms with Crippen molar-refractivity contribution in [2.75, 3.05) is 13.2 Å². The van der Waals surface area contributed by atoms with Crippen LogP contribution in [0.2, 0.25) is 0 Å². The molecule has 0 amide bonds. The van der Waals surface area contributed by atoms with Crippen LogP contribution in [0, 0.1) is 5.92 Å². The van der Waals surface area contributed by atoms with Crippen molar-refractivity contribution < 1.29 is 14.6 Å². The number of benzene rings is 1. The van der Waals surface area contributed by atoms with E-state index in [1.165, 1.54) is 22.5 Å². The number of hydrogen-bond donors (Lipinski definition) is 1. The predicted molar refractivity (Wildman–Crippen MR) is 130 cm³/mol. The highest BCUT2D eigenvalue weighted by Gasteiger charge is 2.30. The number of carbonyl (C=O) groups excluding carboxylic acids is 1. The zero-order chi connectivity index (χ0) is 23.2. The first-order valence-electron chi connectivity index (χ1n) is 11.2. The third-order valence-corrected chi connectivity index (χ3v) is 5.09. The quantitative estimate of drug-likeness (QED) is 0.446. The Morgan fingerprint density at radius 1 is 1.29 bits per heavy atom. The number of esters is 1. The topological polar surface area (TPSA) is 51.5 Å². The normalized spacial score (nSPS) is 15.2. The maximum Gasteiger partial charge on any atom is 0.309 e. The van der Waals surface area contributed by atoms with E-state index in [1.54, 1.807) is 6.08 Å². The number of ether oxygens (including phenoxy) is 1. The average molecular weight is 426 g/mol. The van der Waals surface area contributed by atoms with Gasteiger partial charge in [0.05, 0.1) is 12.5 Å². The molecule has 31 heavy (non-hydrogen) atoms. The summed E-state index contributed by atoms with van der Waals surface area (Å²) in [6.45, 7) is 16.0. The minimum Gasteiger partial charge on any atom is -0.466 e. The molecule has 2 atom stereocenters. The molecule has 1 aliphatic rings. The van der Waals surface area contributed by atoms with E-state index in [0.717, 1.165) is 25.7 Å². The molecule has 0 aliphatic heterocycles. The van der Waals surface area contributed by atoms with Gasteiger partial charge in [0.25, 0.3) is 0 Å². The Morgan fingerprint density at radius 3 is 2.42 bits per heavy atom. The lowest BCUT2D eigenvalue weighted by atomic mass is 9.87. The van der Waals surface area contributed by atoms with E-state index in [9.17, 15) is 4.79 Å². The number of fused-ring (bicyclic) bond motifs is 1. The number of aromatic nitrogens is 1. The number of nitrogens with zero attached hydrogens (tertiary/aromatic N) is 1. The van der Waals surface area contributed by atoms with Gasteiger partial charge in [-0.15, -0.1) is 13.2 Å². The zero-order valence-electron chi connectivity index (χ0n) is 19.6. The molecular weight excluding hydrogens is 386 g/mol. The van der Waals surface area contributed by atoms with E-state index in [0.29, 0.717) is 13.2 Å². The Balaban J connectivity index is 0.000000604. The molecule has 0 spiro atoms. The minimum atomic E-state index is -0.0612. The molecule has 170 valence electrons. The molecule has 2 aromatic rings. The van der Waals surface area contributed by atoms with Crippen LogP contribution in [0.15, 0.2) is 61.7 Å². The molecule has 0 saturated heterocycles. The van der Waals surface area contributed by atoms with E-state index in [1.807, 2.05) is 32.9 Å². The lowest BCUT2D eigenvalue weighted by molar-refractivity contribution is -0.148. The lowest BCUT2D eigenvalue weighted by Crippen LogP contribution is -2.25. The van der Waals surface area contributed by atoms with Gasteiger partial charge in [0.15, 0.2) is 0 Å². The Bertz CT molecular complexity index is 805. The highest BCUT2D eigenvalue weighted by Crippen LogP contribution is 2.36. The summed E-state index contributed by atoms with van der Waals surface area (Å²) in [6, 6.07) is 12.9. The van der Waals surface area contributed by atoms with Crippen molar-refractivity contribution in [1.82, 2.24) is 4.57 Å².